The van der Waals surface area contributed by atoms with E-state index in [4.69, 9.17) is 0 Å². The molecule has 3 heterocycles. The van der Waals surface area contributed by atoms with E-state index >= 15 is 0 Å². The van der Waals surface area contributed by atoms with Crippen molar-refractivity contribution in [3.63, 3.8) is 0 Å². The zero-order valence-corrected chi connectivity index (χ0v) is 21.6. The van der Waals surface area contributed by atoms with Crippen LogP contribution in [0.5, 0.6) is 0 Å². The molecule has 2 aliphatic rings. The molecular weight excluding hydrogens is 487 g/mol. The number of aromatic nitrogens is 1. The molecule has 1 fully saturated rings. The SMILES string of the molecule is O=C(CCCN1C(=O)c2cccnc2Sc2ccccc21)NCC1CCN(Cc2ccccc2F)CC1. The van der Waals surface area contributed by atoms with E-state index in [9.17, 15) is 14.0 Å². The smallest absolute Gasteiger partial charge is 0.261 e. The van der Waals surface area contributed by atoms with Crippen LogP contribution in [-0.2, 0) is 11.3 Å². The second kappa shape index (κ2) is 11.9. The number of para-hydroxylation sites is 1. The van der Waals surface area contributed by atoms with E-state index in [1.54, 1.807) is 23.2 Å². The topological polar surface area (TPSA) is 65.5 Å². The van der Waals surface area contributed by atoms with Crippen LogP contribution >= 0.6 is 11.8 Å². The first-order valence-corrected chi connectivity index (χ1v) is 13.7. The van der Waals surface area contributed by atoms with E-state index in [1.807, 2.05) is 42.5 Å². The number of hydrogen-bond acceptors (Lipinski definition) is 5. The van der Waals surface area contributed by atoms with E-state index < -0.39 is 0 Å². The average Bonchev–Trinajstić information content (AvgIpc) is 3.04. The Labute approximate surface area is 221 Å². The standard InChI is InChI=1S/C29H31FN4O2S/c30-24-9-2-1-7-22(24)20-33-17-13-21(14-18-33)19-32-27(35)12-6-16-34-25-10-3-4-11-26(25)37-28-23(29(34)36)8-5-15-31-28/h1-5,7-11,15,21H,6,12-14,16-20H2,(H,32,35). The number of rotatable bonds is 8. The van der Waals surface area contributed by atoms with Crippen molar-refractivity contribution < 1.29 is 14.0 Å². The Morgan fingerprint density at radius 3 is 2.68 bits per heavy atom. The third kappa shape index (κ3) is 6.19. The highest BCUT2D eigenvalue weighted by atomic mass is 32.2. The Balaban J connectivity index is 1.08. The molecule has 192 valence electrons. The van der Waals surface area contributed by atoms with Crippen molar-refractivity contribution in [2.75, 3.05) is 31.1 Å². The van der Waals surface area contributed by atoms with E-state index in [0.29, 0.717) is 49.0 Å². The first-order valence-electron chi connectivity index (χ1n) is 12.8. The van der Waals surface area contributed by atoms with Gasteiger partial charge in [0.05, 0.1) is 11.3 Å². The molecule has 0 bridgehead atoms. The lowest BCUT2D eigenvalue weighted by atomic mass is 9.96. The first-order chi connectivity index (χ1) is 18.1. The number of carbonyl (C=O) groups is 2. The van der Waals surface area contributed by atoms with Gasteiger partial charge in [0, 0.05) is 42.7 Å². The fraction of sp³-hybridized carbons (Fsp3) is 0.345. The van der Waals surface area contributed by atoms with Gasteiger partial charge in [0.25, 0.3) is 5.91 Å². The molecular formula is C29H31FN4O2S. The lowest BCUT2D eigenvalue weighted by Crippen LogP contribution is -2.38. The van der Waals surface area contributed by atoms with Crippen LogP contribution in [0.1, 0.15) is 41.6 Å². The second-order valence-electron chi connectivity index (χ2n) is 9.60. The molecule has 8 heteroatoms. The molecule has 5 rings (SSSR count). The van der Waals surface area contributed by atoms with Crippen molar-refractivity contribution in [3.8, 4) is 0 Å². The highest BCUT2D eigenvalue weighted by Gasteiger charge is 2.27. The number of pyridine rings is 1. The first kappa shape index (κ1) is 25.4. The van der Waals surface area contributed by atoms with E-state index in [2.05, 4.69) is 15.2 Å². The number of fused-ring (bicyclic) bond motifs is 2. The largest absolute Gasteiger partial charge is 0.356 e. The minimum atomic E-state index is -0.151. The maximum absolute atomic E-state index is 13.9. The quantitative estimate of drug-likeness (QED) is 0.447. The number of anilines is 1. The van der Waals surface area contributed by atoms with Crippen LogP contribution < -0.4 is 10.2 Å². The Bertz CT molecular complexity index is 1260. The van der Waals surface area contributed by atoms with Crippen molar-refractivity contribution in [2.45, 2.75) is 42.1 Å². The maximum atomic E-state index is 13.9. The van der Waals surface area contributed by atoms with Crippen molar-refractivity contribution >= 4 is 29.3 Å². The van der Waals surface area contributed by atoms with Crippen LogP contribution in [0, 0.1) is 11.7 Å². The molecule has 0 saturated carbocycles. The molecule has 0 unspecified atom stereocenters. The molecule has 2 aromatic carbocycles. The van der Waals surface area contributed by atoms with E-state index in [1.165, 1.54) is 17.8 Å². The summed E-state index contributed by atoms with van der Waals surface area (Å²) in [6.07, 6.45) is 4.62. The minimum Gasteiger partial charge on any atom is -0.356 e. The molecule has 0 spiro atoms. The highest BCUT2D eigenvalue weighted by molar-refractivity contribution is 7.99. The molecule has 37 heavy (non-hydrogen) atoms. The minimum absolute atomic E-state index is 0.0146. The van der Waals surface area contributed by atoms with Gasteiger partial charge in [0.2, 0.25) is 5.91 Å². The summed E-state index contributed by atoms with van der Waals surface area (Å²) in [5.74, 6) is 0.215. The lowest BCUT2D eigenvalue weighted by Gasteiger charge is -2.32. The van der Waals surface area contributed by atoms with Gasteiger partial charge in [-0.1, -0.05) is 42.1 Å². The molecule has 0 aliphatic carbocycles. The van der Waals surface area contributed by atoms with Gasteiger partial charge in [-0.2, -0.15) is 0 Å². The van der Waals surface area contributed by atoms with Gasteiger partial charge in [-0.15, -0.1) is 0 Å². The summed E-state index contributed by atoms with van der Waals surface area (Å²) in [6, 6.07) is 18.4. The number of piperidine rings is 1. The van der Waals surface area contributed by atoms with Gasteiger partial charge in [0.1, 0.15) is 10.8 Å². The lowest BCUT2D eigenvalue weighted by molar-refractivity contribution is -0.121. The predicted octanol–water partition coefficient (Wildman–Crippen LogP) is 5.14. The average molecular weight is 519 g/mol. The molecule has 2 aliphatic heterocycles. The number of likely N-dealkylation sites (tertiary alicyclic amines) is 1. The summed E-state index contributed by atoms with van der Waals surface area (Å²) in [7, 11) is 0. The number of amides is 2. The van der Waals surface area contributed by atoms with Crippen molar-refractivity contribution in [1.29, 1.82) is 0 Å². The summed E-state index contributed by atoms with van der Waals surface area (Å²) in [5.41, 5.74) is 2.19. The van der Waals surface area contributed by atoms with Crippen molar-refractivity contribution in [1.82, 2.24) is 15.2 Å². The van der Waals surface area contributed by atoms with Gasteiger partial charge in [-0.05, 0) is 68.6 Å². The van der Waals surface area contributed by atoms with Crippen LogP contribution in [0.25, 0.3) is 0 Å². The van der Waals surface area contributed by atoms with Crippen molar-refractivity contribution in [2.24, 2.45) is 5.92 Å². The number of nitrogens with zero attached hydrogens (tertiary/aromatic N) is 3. The van der Waals surface area contributed by atoms with Crippen molar-refractivity contribution in [3.05, 3.63) is 83.8 Å². The van der Waals surface area contributed by atoms with E-state index in [-0.39, 0.29) is 17.6 Å². The Morgan fingerprint density at radius 2 is 1.84 bits per heavy atom. The van der Waals surface area contributed by atoms with Crippen LogP contribution in [0.2, 0.25) is 0 Å². The Morgan fingerprint density at radius 1 is 1.05 bits per heavy atom. The number of benzene rings is 2. The molecule has 1 aromatic heterocycles. The summed E-state index contributed by atoms with van der Waals surface area (Å²) in [4.78, 5) is 35.3. The molecule has 3 aromatic rings. The van der Waals surface area contributed by atoms with Gasteiger partial charge in [-0.3, -0.25) is 14.5 Å². The zero-order chi connectivity index (χ0) is 25.6. The van der Waals surface area contributed by atoms with Gasteiger partial charge >= 0.3 is 0 Å². The second-order valence-corrected chi connectivity index (χ2v) is 10.6. The number of nitrogens with one attached hydrogen (secondary N) is 1. The Kier molecular flexibility index (Phi) is 8.16. The fourth-order valence-electron chi connectivity index (χ4n) is 4.94. The zero-order valence-electron chi connectivity index (χ0n) is 20.7. The van der Waals surface area contributed by atoms with E-state index in [0.717, 1.165) is 42.1 Å². The summed E-state index contributed by atoms with van der Waals surface area (Å²) >= 11 is 1.50. The summed E-state index contributed by atoms with van der Waals surface area (Å²) < 4.78 is 13.9. The third-order valence-corrected chi connectivity index (χ3v) is 8.13. The number of hydrogen-bond donors (Lipinski definition) is 1. The molecule has 1 saturated heterocycles. The summed E-state index contributed by atoms with van der Waals surface area (Å²) in [5, 5.41) is 3.80. The molecule has 6 nitrogen and oxygen atoms in total. The molecule has 0 radical (unpaired) electrons. The summed E-state index contributed by atoms with van der Waals surface area (Å²) in [6.45, 7) is 3.56. The Hall–Kier alpha value is -3.23. The number of halogens is 1. The molecule has 1 N–H and O–H groups in total. The third-order valence-electron chi connectivity index (χ3n) is 7.04. The normalized spacial score (nSPS) is 16.1. The fourth-order valence-corrected chi connectivity index (χ4v) is 5.96. The number of carbonyl (C=O) groups excluding carboxylic acids is 2. The van der Waals surface area contributed by atoms with Crippen LogP contribution in [0.15, 0.2) is 76.8 Å². The van der Waals surface area contributed by atoms with Crippen LogP contribution in [0.4, 0.5) is 10.1 Å². The van der Waals surface area contributed by atoms with Gasteiger partial charge in [0.15, 0.2) is 0 Å². The van der Waals surface area contributed by atoms with Crippen LogP contribution in [-0.4, -0.2) is 47.9 Å². The molecule has 0 atom stereocenters. The van der Waals surface area contributed by atoms with Gasteiger partial charge in [-0.25, -0.2) is 9.37 Å². The highest BCUT2D eigenvalue weighted by Crippen LogP contribution is 2.40. The predicted molar refractivity (Wildman–Crippen MR) is 143 cm³/mol. The maximum Gasteiger partial charge on any atom is 0.261 e. The molecule has 2 amide bonds. The van der Waals surface area contributed by atoms with Crippen LogP contribution in [0.3, 0.4) is 0 Å². The monoisotopic (exact) mass is 518 g/mol. The van der Waals surface area contributed by atoms with Gasteiger partial charge < -0.3 is 10.2 Å².